The van der Waals surface area contributed by atoms with Gasteiger partial charge < -0.3 is 15.0 Å². The number of nitrogens with zero attached hydrogens (tertiary/aromatic N) is 3. The number of nitrogens with one attached hydrogen (secondary N) is 1. The first-order valence-electron chi connectivity index (χ1n) is 12.4. The van der Waals surface area contributed by atoms with Crippen LogP contribution in [0.15, 0.2) is 24.3 Å². The first-order valence-corrected chi connectivity index (χ1v) is 11.9. The number of rotatable bonds is 5. The van der Waals surface area contributed by atoms with E-state index in [-0.39, 0.29) is 11.4 Å². The van der Waals surface area contributed by atoms with Crippen LogP contribution in [0.4, 0.5) is 23.4 Å². The Morgan fingerprint density at radius 2 is 1.82 bits per heavy atom. The van der Waals surface area contributed by atoms with E-state index in [0.29, 0.717) is 36.2 Å². The standard InChI is InChI=1S/C25H30F4N4O/c1-15-2-3-19(26)10-21(15)24-22(25(27,28)29)11-23(31-32-24)30-20-8-17-13-33(14-18(17)9-20)12-16-4-6-34-7-5-16/h2-3,10-11,16-18,20H,4-9,12-14H2,1H3,(H,30,31)/i20D. The SMILES string of the molecule is [2H]C1(Nc2cc(C(F)(F)F)c(-c3cc(F)ccc3C)nn2)CC2CN(CC3CCOCC3)CC2C1. The maximum Gasteiger partial charge on any atom is 0.418 e. The lowest BCUT2D eigenvalue weighted by molar-refractivity contribution is -0.137. The molecule has 1 N–H and O–H groups in total. The Balaban J connectivity index is 1.29. The summed E-state index contributed by atoms with van der Waals surface area (Å²) in [6, 6.07) is 3.46. The van der Waals surface area contributed by atoms with E-state index >= 15 is 0 Å². The van der Waals surface area contributed by atoms with Gasteiger partial charge in [-0.3, -0.25) is 0 Å². The predicted octanol–water partition coefficient (Wildman–Crippen LogP) is 5.16. The van der Waals surface area contributed by atoms with Crippen LogP contribution in [0.2, 0.25) is 0 Å². The first kappa shape index (κ1) is 22.2. The zero-order valence-electron chi connectivity index (χ0n) is 20.2. The average Bonchev–Trinajstić information content (AvgIpc) is 3.29. The number of alkyl halides is 3. The summed E-state index contributed by atoms with van der Waals surface area (Å²) in [5, 5.41) is 10.8. The van der Waals surface area contributed by atoms with E-state index in [9.17, 15) is 17.6 Å². The quantitative estimate of drug-likeness (QED) is 0.601. The molecule has 9 heteroatoms. The highest BCUT2D eigenvalue weighted by Crippen LogP contribution is 2.41. The Morgan fingerprint density at radius 1 is 1.12 bits per heavy atom. The second-order valence-corrected chi connectivity index (χ2v) is 9.88. The normalized spacial score (nSPS) is 28.7. The number of halogens is 4. The lowest BCUT2D eigenvalue weighted by Gasteiger charge is -2.27. The van der Waals surface area contributed by atoms with Gasteiger partial charge in [-0.05, 0) is 74.1 Å². The van der Waals surface area contributed by atoms with Crippen LogP contribution in [-0.2, 0) is 10.9 Å². The van der Waals surface area contributed by atoms with Crippen molar-refractivity contribution in [3.63, 3.8) is 0 Å². The lowest BCUT2D eigenvalue weighted by Crippen LogP contribution is -2.32. The Kier molecular flexibility index (Phi) is 6.15. The van der Waals surface area contributed by atoms with Crippen molar-refractivity contribution in [1.82, 2.24) is 15.1 Å². The largest absolute Gasteiger partial charge is 0.418 e. The number of likely N-dealkylation sites (tertiary alicyclic amines) is 1. The fraction of sp³-hybridized carbons (Fsp3) is 0.600. The summed E-state index contributed by atoms with van der Waals surface area (Å²) in [5.74, 6) is 0.603. The number of fused-ring (bicyclic) bond motifs is 1. The molecule has 0 radical (unpaired) electrons. The van der Waals surface area contributed by atoms with Crippen LogP contribution in [0.25, 0.3) is 11.3 Å². The lowest BCUT2D eigenvalue weighted by atomic mass is 10.00. The Morgan fingerprint density at radius 3 is 2.50 bits per heavy atom. The van der Waals surface area contributed by atoms with E-state index in [1.54, 1.807) is 6.92 Å². The highest BCUT2D eigenvalue weighted by Gasteiger charge is 2.42. The minimum Gasteiger partial charge on any atom is -0.381 e. The van der Waals surface area contributed by atoms with Gasteiger partial charge in [0, 0.05) is 44.4 Å². The molecular formula is C25H30F4N4O. The van der Waals surface area contributed by atoms with Crippen molar-refractivity contribution in [1.29, 1.82) is 0 Å². The fourth-order valence-corrected chi connectivity index (χ4v) is 5.66. The summed E-state index contributed by atoms with van der Waals surface area (Å²) >= 11 is 0. The Hall–Kier alpha value is -2.26. The zero-order valence-corrected chi connectivity index (χ0v) is 19.2. The molecule has 2 aromatic rings. The van der Waals surface area contributed by atoms with Gasteiger partial charge in [0.15, 0.2) is 0 Å². The topological polar surface area (TPSA) is 50.3 Å². The Bertz CT molecular complexity index is 1060. The van der Waals surface area contributed by atoms with Crippen molar-refractivity contribution in [3.8, 4) is 11.3 Å². The van der Waals surface area contributed by atoms with Crippen LogP contribution >= 0.6 is 0 Å². The monoisotopic (exact) mass is 479 g/mol. The minimum atomic E-state index is -4.70. The molecule has 0 amide bonds. The molecule has 3 fully saturated rings. The van der Waals surface area contributed by atoms with Gasteiger partial charge in [0.05, 0.1) is 6.93 Å². The average molecular weight is 480 g/mol. The first-order chi connectivity index (χ1) is 16.6. The van der Waals surface area contributed by atoms with E-state index in [2.05, 4.69) is 20.4 Å². The van der Waals surface area contributed by atoms with Gasteiger partial charge in [-0.1, -0.05) is 6.07 Å². The molecule has 2 atom stereocenters. The third-order valence-electron chi connectivity index (χ3n) is 7.39. The molecule has 5 nitrogen and oxygen atoms in total. The number of hydrogen-bond acceptors (Lipinski definition) is 5. The van der Waals surface area contributed by atoms with Crippen LogP contribution in [0, 0.1) is 30.5 Å². The van der Waals surface area contributed by atoms with Gasteiger partial charge in [0.1, 0.15) is 17.3 Å². The van der Waals surface area contributed by atoms with Gasteiger partial charge in [-0.25, -0.2) is 4.39 Å². The molecule has 1 aliphatic carbocycles. The van der Waals surface area contributed by atoms with Gasteiger partial charge in [-0.2, -0.15) is 13.2 Å². The van der Waals surface area contributed by atoms with E-state index in [0.717, 1.165) is 57.8 Å². The van der Waals surface area contributed by atoms with Crippen LogP contribution in [0.3, 0.4) is 0 Å². The number of aromatic nitrogens is 2. The minimum absolute atomic E-state index is 0.0528. The molecule has 184 valence electrons. The molecule has 5 rings (SSSR count). The van der Waals surface area contributed by atoms with Crippen molar-refractivity contribution in [2.24, 2.45) is 17.8 Å². The highest BCUT2D eigenvalue weighted by molar-refractivity contribution is 5.68. The van der Waals surface area contributed by atoms with Crippen LogP contribution in [0.1, 0.15) is 38.2 Å². The van der Waals surface area contributed by atoms with Crippen molar-refractivity contribution in [2.45, 2.75) is 44.8 Å². The van der Waals surface area contributed by atoms with E-state index < -0.39 is 29.3 Å². The molecule has 34 heavy (non-hydrogen) atoms. The molecule has 0 spiro atoms. The molecule has 1 saturated carbocycles. The predicted molar refractivity (Wildman–Crippen MR) is 121 cm³/mol. The molecule has 2 unspecified atom stereocenters. The smallest absolute Gasteiger partial charge is 0.381 e. The van der Waals surface area contributed by atoms with E-state index in [4.69, 9.17) is 6.11 Å². The van der Waals surface area contributed by atoms with Crippen molar-refractivity contribution >= 4 is 5.82 Å². The molecule has 2 saturated heterocycles. The maximum atomic E-state index is 13.9. The molecular weight excluding hydrogens is 448 g/mol. The van der Waals surface area contributed by atoms with Gasteiger partial charge >= 0.3 is 6.18 Å². The third kappa shape index (κ3) is 5.05. The maximum absolute atomic E-state index is 13.9. The molecule has 1 aromatic carbocycles. The number of hydrogen-bond donors (Lipinski definition) is 1. The number of ether oxygens (including phenoxy) is 1. The number of anilines is 1. The summed E-state index contributed by atoms with van der Waals surface area (Å²) in [5.41, 5.74) is -0.881. The zero-order chi connectivity index (χ0) is 24.8. The Labute approximate surface area is 198 Å². The number of benzene rings is 1. The summed E-state index contributed by atoms with van der Waals surface area (Å²) < 4.78 is 69.9. The highest BCUT2D eigenvalue weighted by atomic mass is 19.4. The summed E-state index contributed by atoms with van der Waals surface area (Å²) in [4.78, 5) is 2.47. The second kappa shape index (κ2) is 9.41. The number of aryl methyl sites for hydroxylation is 1. The third-order valence-corrected chi connectivity index (χ3v) is 7.39. The second-order valence-electron chi connectivity index (χ2n) is 9.88. The molecule has 1 aromatic heterocycles. The van der Waals surface area contributed by atoms with Gasteiger partial charge in [0.2, 0.25) is 0 Å². The fourth-order valence-electron chi connectivity index (χ4n) is 5.66. The summed E-state index contributed by atoms with van der Waals surface area (Å²) in [7, 11) is 0. The van der Waals surface area contributed by atoms with Crippen molar-refractivity contribution in [3.05, 3.63) is 41.2 Å². The van der Waals surface area contributed by atoms with Crippen LogP contribution in [-0.4, -0.2) is 54.0 Å². The van der Waals surface area contributed by atoms with Crippen molar-refractivity contribution in [2.75, 3.05) is 38.2 Å². The van der Waals surface area contributed by atoms with Crippen LogP contribution < -0.4 is 5.32 Å². The molecule has 3 heterocycles. The van der Waals surface area contributed by atoms with Crippen molar-refractivity contribution < 1.29 is 23.7 Å². The van der Waals surface area contributed by atoms with E-state index in [1.165, 1.54) is 12.1 Å². The molecule has 0 bridgehead atoms. The summed E-state index contributed by atoms with van der Waals surface area (Å²) in [6.07, 6.45) is -1.43. The summed E-state index contributed by atoms with van der Waals surface area (Å²) in [6.45, 7) is 6.14. The van der Waals surface area contributed by atoms with E-state index in [1.807, 2.05) is 0 Å². The van der Waals surface area contributed by atoms with Crippen LogP contribution in [0.5, 0.6) is 0 Å². The van der Waals surface area contributed by atoms with Gasteiger partial charge in [-0.15, -0.1) is 10.2 Å². The van der Waals surface area contributed by atoms with Gasteiger partial charge in [0.25, 0.3) is 0 Å². The molecule has 3 aliphatic rings. The molecule has 2 aliphatic heterocycles.